The van der Waals surface area contributed by atoms with E-state index in [1.54, 1.807) is 24.3 Å². The molecule has 1 aliphatic heterocycles. The zero-order chi connectivity index (χ0) is 17.6. The van der Waals surface area contributed by atoms with Gasteiger partial charge < -0.3 is 19.9 Å². The highest BCUT2D eigenvalue weighted by Gasteiger charge is 2.15. The van der Waals surface area contributed by atoms with E-state index in [2.05, 4.69) is 10.3 Å². The average Bonchev–Trinajstić information content (AvgIpc) is 3.11. The van der Waals surface area contributed by atoms with Crippen LogP contribution in [0.2, 0.25) is 0 Å². The summed E-state index contributed by atoms with van der Waals surface area (Å²) in [7, 11) is 0. The molecule has 132 valence electrons. The van der Waals surface area contributed by atoms with Gasteiger partial charge in [0.05, 0.1) is 19.8 Å². The second kappa shape index (κ2) is 8.09. The Bertz CT molecular complexity index is 738. The van der Waals surface area contributed by atoms with Crippen LogP contribution in [-0.2, 0) is 11.3 Å². The molecule has 2 aromatic rings. The summed E-state index contributed by atoms with van der Waals surface area (Å²) in [6, 6.07) is 6.95. The number of benzene rings is 1. The number of aromatic carboxylic acids is 1. The summed E-state index contributed by atoms with van der Waals surface area (Å²) < 4.78 is 11.2. The van der Waals surface area contributed by atoms with Crippen LogP contribution in [0.25, 0.3) is 0 Å². The van der Waals surface area contributed by atoms with Crippen LogP contribution in [0, 0.1) is 0 Å². The number of thiazole rings is 1. The number of carbonyl (C=O) groups is 2. The van der Waals surface area contributed by atoms with Crippen molar-refractivity contribution in [1.82, 2.24) is 10.3 Å². The minimum atomic E-state index is -1.08. The summed E-state index contributed by atoms with van der Waals surface area (Å²) in [4.78, 5) is 26.9. The van der Waals surface area contributed by atoms with Crippen molar-refractivity contribution < 1.29 is 24.2 Å². The van der Waals surface area contributed by atoms with E-state index < -0.39 is 5.97 Å². The monoisotopic (exact) mass is 362 g/mol. The molecule has 8 heteroatoms. The summed E-state index contributed by atoms with van der Waals surface area (Å²) in [6.45, 7) is 1.62. The van der Waals surface area contributed by atoms with Crippen LogP contribution in [0.15, 0.2) is 29.6 Å². The van der Waals surface area contributed by atoms with Gasteiger partial charge in [-0.05, 0) is 24.3 Å². The highest BCUT2D eigenvalue weighted by molar-refractivity contribution is 7.09. The molecule has 0 radical (unpaired) electrons. The van der Waals surface area contributed by atoms with Gasteiger partial charge in [0, 0.05) is 23.8 Å². The topological polar surface area (TPSA) is 97.8 Å². The van der Waals surface area contributed by atoms with Gasteiger partial charge in [0.25, 0.3) is 5.91 Å². The predicted molar refractivity (Wildman–Crippen MR) is 91.2 cm³/mol. The van der Waals surface area contributed by atoms with E-state index >= 15 is 0 Å². The Hall–Kier alpha value is -2.45. The molecule has 1 aromatic heterocycles. The van der Waals surface area contributed by atoms with Crippen LogP contribution in [0.4, 0.5) is 0 Å². The minimum absolute atomic E-state index is 0.0103. The Morgan fingerprint density at radius 2 is 2.00 bits per heavy atom. The smallest absolute Gasteiger partial charge is 0.355 e. The van der Waals surface area contributed by atoms with E-state index in [0.717, 1.165) is 18.6 Å². The molecule has 0 atom stereocenters. The molecule has 0 aliphatic carbocycles. The first-order valence-electron chi connectivity index (χ1n) is 7.92. The molecule has 2 N–H and O–H groups in total. The molecule has 2 heterocycles. The normalized spacial score (nSPS) is 14.9. The number of hydrogen-bond donors (Lipinski definition) is 2. The average molecular weight is 362 g/mol. The maximum Gasteiger partial charge on any atom is 0.355 e. The lowest BCUT2D eigenvalue weighted by molar-refractivity contribution is 0.0255. The highest BCUT2D eigenvalue weighted by atomic mass is 32.1. The van der Waals surface area contributed by atoms with Gasteiger partial charge in [-0.2, -0.15) is 0 Å². The number of carboxylic acids is 1. The van der Waals surface area contributed by atoms with Gasteiger partial charge in [0.15, 0.2) is 5.69 Å². The molecule has 3 rings (SSSR count). The molecule has 0 bridgehead atoms. The molecule has 1 fully saturated rings. The van der Waals surface area contributed by atoms with Crippen molar-refractivity contribution in [3.05, 3.63) is 45.9 Å². The van der Waals surface area contributed by atoms with Crippen molar-refractivity contribution in [2.24, 2.45) is 0 Å². The number of carboxylic acid groups (broad SMARTS) is 1. The molecule has 1 saturated heterocycles. The SMILES string of the molecule is O=C(NCc1nc(C(=O)O)cs1)c1ccc(OC2CCOCC2)cc1. The number of ether oxygens (including phenoxy) is 2. The van der Waals surface area contributed by atoms with Crippen LogP contribution in [0.1, 0.15) is 38.7 Å². The van der Waals surface area contributed by atoms with Crippen LogP contribution < -0.4 is 10.1 Å². The number of carbonyl (C=O) groups excluding carboxylic acids is 1. The van der Waals surface area contributed by atoms with Gasteiger partial charge in [-0.15, -0.1) is 11.3 Å². The second-order valence-corrected chi connectivity index (χ2v) is 6.51. The third kappa shape index (κ3) is 4.77. The van der Waals surface area contributed by atoms with E-state index in [0.29, 0.717) is 23.8 Å². The zero-order valence-corrected chi connectivity index (χ0v) is 14.3. The van der Waals surface area contributed by atoms with Gasteiger partial charge in [-0.25, -0.2) is 9.78 Å². The first-order valence-corrected chi connectivity index (χ1v) is 8.80. The summed E-state index contributed by atoms with van der Waals surface area (Å²) in [6.07, 6.45) is 1.89. The van der Waals surface area contributed by atoms with Crippen LogP contribution in [-0.4, -0.2) is 41.3 Å². The maximum atomic E-state index is 12.2. The Kier molecular flexibility index (Phi) is 5.62. The van der Waals surface area contributed by atoms with Gasteiger partial charge in [-0.3, -0.25) is 4.79 Å². The molecule has 0 saturated carbocycles. The van der Waals surface area contributed by atoms with Gasteiger partial charge in [0.1, 0.15) is 16.9 Å². The van der Waals surface area contributed by atoms with E-state index in [1.165, 1.54) is 16.7 Å². The first kappa shape index (κ1) is 17.4. The van der Waals surface area contributed by atoms with E-state index in [9.17, 15) is 9.59 Å². The molecule has 25 heavy (non-hydrogen) atoms. The number of aromatic nitrogens is 1. The van der Waals surface area contributed by atoms with E-state index in [4.69, 9.17) is 14.6 Å². The number of amides is 1. The Labute approximate surface area is 148 Å². The second-order valence-electron chi connectivity index (χ2n) is 5.57. The third-order valence-electron chi connectivity index (χ3n) is 3.76. The summed E-state index contributed by atoms with van der Waals surface area (Å²) in [5.41, 5.74) is 0.498. The van der Waals surface area contributed by atoms with Gasteiger partial charge in [-0.1, -0.05) is 0 Å². The Balaban J connectivity index is 1.52. The Morgan fingerprint density at radius 1 is 1.28 bits per heavy atom. The van der Waals surface area contributed by atoms with E-state index in [-0.39, 0.29) is 24.2 Å². The lowest BCUT2D eigenvalue weighted by Crippen LogP contribution is -2.26. The van der Waals surface area contributed by atoms with Crippen molar-refractivity contribution in [2.45, 2.75) is 25.5 Å². The highest BCUT2D eigenvalue weighted by Crippen LogP contribution is 2.18. The zero-order valence-electron chi connectivity index (χ0n) is 13.4. The quantitative estimate of drug-likeness (QED) is 0.818. The van der Waals surface area contributed by atoms with Crippen molar-refractivity contribution in [3.8, 4) is 5.75 Å². The molecule has 0 unspecified atom stereocenters. The van der Waals surface area contributed by atoms with Crippen molar-refractivity contribution >= 4 is 23.2 Å². The minimum Gasteiger partial charge on any atom is -0.490 e. The lowest BCUT2D eigenvalue weighted by atomic mass is 10.1. The predicted octanol–water partition coefficient (Wildman–Crippen LogP) is 2.33. The standard InChI is InChI=1S/C17H18N2O5S/c20-16(18-9-15-19-14(10-25-15)17(21)22)11-1-3-12(4-2-11)24-13-5-7-23-8-6-13/h1-4,10,13H,5-9H2,(H,18,20)(H,21,22). The van der Waals surface area contributed by atoms with Crippen LogP contribution in [0.3, 0.4) is 0 Å². The molecular weight excluding hydrogens is 344 g/mol. The molecule has 0 spiro atoms. The summed E-state index contributed by atoms with van der Waals surface area (Å²) >= 11 is 1.20. The number of nitrogens with zero attached hydrogens (tertiary/aromatic N) is 1. The Morgan fingerprint density at radius 3 is 2.64 bits per heavy atom. The summed E-state index contributed by atoms with van der Waals surface area (Å²) in [5.74, 6) is -0.590. The maximum absolute atomic E-state index is 12.2. The number of hydrogen-bond acceptors (Lipinski definition) is 6. The fourth-order valence-corrected chi connectivity index (χ4v) is 3.13. The van der Waals surface area contributed by atoms with E-state index in [1.807, 2.05) is 0 Å². The number of nitrogens with one attached hydrogen (secondary N) is 1. The summed E-state index contributed by atoms with van der Waals surface area (Å²) in [5, 5.41) is 13.6. The fraction of sp³-hybridized carbons (Fsp3) is 0.353. The van der Waals surface area contributed by atoms with Crippen molar-refractivity contribution in [3.63, 3.8) is 0 Å². The number of rotatable bonds is 6. The lowest BCUT2D eigenvalue weighted by Gasteiger charge is -2.23. The molecule has 1 amide bonds. The van der Waals surface area contributed by atoms with Gasteiger partial charge in [0.2, 0.25) is 0 Å². The molecule has 7 nitrogen and oxygen atoms in total. The first-order chi connectivity index (χ1) is 12.1. The molecular formula is C17H18N2O5S. The molecule has 1 aromatic carbocycles. The molecule has 1 aliphatic rings. The van der Waals surface area contributed by atoms with Gasteiger partial charge >= 0.3 is 5.97 Å². The van der Waals surface area contributed by atoms with Crippen molar-refractivity contribution in [1.29, 1.82) is 0 Å². The fourth-order valence-electron chi connectivity index (χ4n) is 2.42. The van der Waals surface area contributed by atoms with Crippen molar-refractivity contribution in [2.75, 3.05) is 13.2 Å². The van der Waals surface area contributed by atoms with Crippen LogP contribution >= 0.6 is 11.3 Å². The largest absolute Gasteiger partial charge is 0.490 e. The third-order valence-corrected chi connectivity index (χ3v) is 4.61. The van der Waals surface area contributed by atoms with Crippen LogP contribution in [0.5, 0.6) is 5.75 Å².